The van der Waals surface area contributed by atoms with Gasteiger partial charge < -0.3 is 5.11 Å². The summed E-state index contributed by atoms with van der Waals surface area (Å²) in [5.41, 5.74) is -0.00581. The Kier molecular flexibility index (Phi) is 5.87. The lowest BCUT2D eigenvalue weighted by atomic mass is 9.82. The molecular weight excluding hydrogens is 184 g/mol. The van der Waals surface area contributed by atoms with Crippen LogP contribution in [0.2, 0.25) is 0 Å². The summed E-state index contributed by atoms with van der Waals surface area (Å²) in [5, 5.41) is 9.87. The van der Waals surface area contributed by atoms with Crippen molar-refractivity contribution in [2.75, 3.05) is 0 Å². The van der Waals surface area contributed by atoms with Crippen molar-refractivity contribution in [3.63, 3.8) is 0 Å². The van der Waals surface area contributed by atoms with Crippen LogP contribution in [0.5, 0.6) is 0 Å². The Labute approximate surface area is 96.3 Å². The molecule has 0 aromatic carbocycles. The van der Waals surface area contributed by atoms with Gasteiger partial charge in [-0.05, 0) is 37.5 Å². The number of rotatable bonds is 6. The van der Waals surface area contributed by atoms with Crippen LogP contribution in [0.15, 0.2) is 0 Å². The van der Waals surface area contributed by atoms with Crippen molar-refractivity contribution in [2.24, 2.45) is 11.3 Å². The Hall–Kier alpha value is -0.0400. The molecule has 0 bridgehead atoms. The van der Waals surface area contributed by atoms with Gasteiger partial charge in [-0.2, -0.15) is 0 Å². The van der Waals surface area contributed by atoms with Crippen molar-refractivity contribution in [1.29, 1.82) is 0 Å². The minimum absolute atomic E-state index is 0.437. The van der Waals surface area contributed by atoms with Gasteiger partial charge in [0.1, 0.15) is 0 Å². The first-order chi connectivity index (χ1) is 6.66. The summed E-state index contributed by atoms with van der Waals surface area (Å²) in [6, 6.07) is 0. The van der Waals surface area contributed by atoms with Gasteiger partial charge in [0.15, 0.2) is 0 Å². The molecule has 0 rings (SSSR count). The van der Waals surface area contributed by atoms with Crippen LogP contribution >= 0.6 is 0 Å². The van der Waals surface area contributed by atoms with Crippen molar-refractivity contribution < 1.29 is 5.11 Å². The molecule has 0 aromatic rings. The topological polar surface area (TPSA) is 20.2 Å². The Morgan fingerprint density at radius 2 is 1.67 bits per heavy atom. The van der Waals surface area contributed by atoms with E-state index in [1.165, 1.54) is 12.8 Å². The monoisotopic (exact) mass is 214 g/mol. The Bertz CT molecular complexity index is 165. The fraction of sp³-hybridized carbons (Fsp3) is 1.00. The van der Waals surface area contributed by atoms with Gasteiger partial charge in [0.25, 0.3) is 0 Å². The minimum Gasteiger partial charge on any atom is -0.390 e. The van der Waals surface area contributed by atoms with E-state index in [-0.39, 0.29) is 0 Å². The maximum Gasteiger partial charge on any atom is 0.0617 e. The predicted molar refractivity (Wildman–Crippen MR) is 68.0 cm³/mol. The van der Waals surface area contributed by atoms with Crippen LogP contribution in [0.1, 0.15) is 73.6 Å². The van der Waals surface area contributed by atoms with E-state index in [9.17, 15) is 5.11 Å². The van der Waals surface area contributed by atoms with E-state index in [0.717, 1.165) is 25.2 Å². The van der Waals surface area contributed by atoms with E-state index in [1.807, 2.05) is 6.92 Å². The zero-order chi connectivity index (χ0) is 12.1. The van der Waals surface area contributed by atoms with Gasteiger partial charge in [0, 0.05) is 0 Å². The Morgan fingerprint density at radius 1 is 1.13 bits per heavy atom. The van der Waals surface area contributed by atoms with Gasteiger partial charge >= 0.3 is 0 Å². The molecule has 1 nitrogen and oxygen atoms in total. The highest BCUT2D eigenvalue weighted by molar-refractivity contribution is 4.72. The van der Waals surface area contributed by atoms with E-state index in [1.54, 1.807) is 0 Å². The van der Waals surface area contributed by atoms with Crippen molar-refractivity contribution in [3.8, 4) is 0 Å². The van der Waals surface area contributed by atoms with E-state index in [0.29, 0.717) is 5.41 Å². The van der Waals surface area contributed by atoms with Crippen LogP contribution in [0.25, 0.3) is 0 Å². The molecule has 0 spiro atoms. The third kappa shape index (κ3) is 8.92. The summed E-state index contributed by atoms with van der Waals surface area (Å²) in [6.07, 6.45) is 5.48. The molecule has 0 heterocycles. The second-order valence-electron chi connectivity index (χ2n) is 6.61. The first-order valence-electron chi connectivity index (χ1n) is 6.39. The highest BCUT2D eigenvalue weighted by Gasteiger charge is 2.19. The summed E-state index contributed by atoms with van der Waals surface area (Å²) in [7, 11) is 0. The van der Waals surface area contributed by atoms with E-state index in [4.69, 9.17) is 0 Å². The number of hydrogen-bond acceptors (Lipinski definition) is 1. The van der Waals surface area contributed by atoms with Gasteiger partial charge in [0.2, 0.25) is 0 Å². The molecule has 0 amide bonds. The second-order valence-corrected chi connectivity index (χ2v) is 6.61. The van der Waals surface area contributed by atoms with Crippen molar-refractivity contribution in [2.45, 2.75) is 79.2 Å². The third-order valence-electron chi connectivity index (χ3n) is 3.13. The van der Waals surface area contributed by atoms with Crippen LogP contribution in [0.4, 0.5) is 0 Å². The lowest BCUT2D eigenvalue weighted by Gasteiger charge is -2.25. The summed E-state index contributed by atoms with van der Waals surface area (Å²) < 4.78 is 0. The lowest BCUT2D eigenvalue weighted by molar-refractivity contribution is 0.0429. The van der Waals surface area contributed by atoms with Crippen molar-refractivity contribution in [3.05, 3.63) is 0 Å². The standard InChI is InChI=1S/C14H30O/c1-7-14(6,15)10-8-9-12(2)11-13(3,4)5/h12,15H,7-11H2,1-6H3. The maximum absolute atomic E-state index is 9.87. The largest absolute Gasteiger partial charge is 0.390 e. The van der Waals surface area contributed by atoms with Crippen molar-refractivity contribution in [1.82, 2.24) is 0 Å². The number of hydrogen-bond donors (Lipinski definition) is 1. The smallest absolute Gasteiger partial charge is 0.0617 e. The molecule has 1 N–H and O–H groups in total. The summed E-state index contributed by atoms with van der Waals surface area (Å²) in [5.74, 6) is 0.776. The predicted octanol–water partition coefficient (Wildman–Crippen LogP) is 4.39. The van der Waals surface area contributed by atoms with Crippen LogP contribution in [0.3, 0.4) is 0 Å². The summed E-state index contributed by atoms with van der Waals surface area (Å²) >= 11 is 0. The molecule has 0 aliphatic carbocycles. The molecule has 0 saturated carbocycles. The quantitative estimate of drug-likeness (QED) is 0.695. The molecule has 2 unspecified atom stereocenters. The molecule has 0 fully saturated rings. The van der Waals surface area contributed by atoms with Crippen LogP contribution < -0.4 is 0 Å². The van der Waals surface area contributed by atoms with Gasteiger partial charge in [-0.25, -0.2) is 0 Å². The van der Waals surface area contributed by atoms with E-state index in [2.05, 4.69) is 34.6 Å². The fourth-order valence-corrected chi connectivity index (χ4v) is 2.16. The molecule has 0 aliphatic rings. The van der Waals surface area contributed by atoms with E-state index >= 15 is 0 Å². The minimum atomic E-state index is -0.443. The van der Waals surface area contributed by atoms with Crippen LogP contribution in [-0.2, 0) is 0 Å². The Morgan fingerprint density at radius 3 is 2.07 bits per heavy atom. The van der Waals surface area contributed by atoms with Crippen LogP contribution in [0, 0.1) is 11.3 Å². The zero-order valence-corrected chi connectivity index (χ0v) is 11.6. The normalized spacial score (nSPS) is 18.6. The van der Waals surface area contributed by atoms with Gasteiger partial charge in [-0.3, -0.25) is 0 Å². The van der Waals surface area contributed by atoms with Crippen molar-refractivity contribution >= 4 is 0 Å². The zero-order valence-electron chi connectivity index (χ0n) is 11.6. The lowest BCUT2D eigenvalue weighted by Crippen LogP contribution is -2.22. The van der Waals surface area contributed by atoms with Gasteiger partial charge in [-0.15, -0.1) is 0 Å². The maximum atomic E-state index is 9.87. The average molecular weight is 214 g/mol. The molecule has 1 heteroatoms. The molecule has 15 heavy (non-hydrogen) atoms. The summed E-state index contributed by atoms with van der Waals surface area (Å²) in [6.45, 7) is 13.2. The van der Waals surface area contributed by atoms with Gasteiger partial charge in [0.05, 0.1) is 5.60 Å². The molecule has 92 valence electrons. The van der Waals surface area contributed by atoms with E-state index < -0.39 is 5.60 Å². The fourth-order valence-electron chi connectivity index (χ4n) is 2.16. The first-order valence-corrected chi connectivity index (χ1v) is 6.39. The molecule has 0 radical (unpaired) electrons. The summed E-state index contributed by atoms with van der Waals surface area (Å²) in [4.78, 5) is 0. The first kappa shape index (κ1) is 15.0. The highest BCUT2D eigenvalue weighted by atomic mass is 16.3. The second kappa shape index (κ2) is 5.89. The third-order valence-corrected chi connectivity index (χ3v) is 3.13. The molecule has 0 saturated heterocycles. The molecule has 0 aliphatic heterocycles. The molecule has 2 atom stereocenters. The SMILES string of the molecule is CCC(C)(O)CCCC(C)CC(C)(C)C. The van der Waals surface area contributed by atoms with Crippen LogP contribution in [-0.4, -0.2) is 10.7 Å². The Balaban J connectivity index is 3.69. The highest BCUT2D eigenvalue weighted by Crippen LogP contribution is 2.28. The molecule has 0 aromatic heterocycles. The molecular formula is C14H30O. The number of aliphatic hydroxyl groups is 1. The van der Waals surface area contributed by atoms with Gasteiger partial charge in [-0.1, -0.05) is 47.5 Å². The average Bonchev–Trinajstić information content (AvgIpc) is 2.00.